The molecule has 2 atom stereocenters. The number of piperazine rings is 1. The van der Waals surface area contributed by atoms with Gasteiger partial charge in [-0.15, -0.1) is 11.3 Å². The zero-order chi connectivity index (χ0) is 27.6. The maximum absolute atomic E-state index is 14.4. The summed E-state index contributed by atoms with van der Waals surface area (Å²) in [4.78, 5) is 29.7. The van der Waals surface area contributed by atoms with Crippen LogP contribution in [0.25, 0.3) is 0 Å². The molecule has 4 fully saturated rings. The summed E-state index contributed by atoms with van der Waals surface area (Å²) in [6, 6.07) is 2.64. The van der Waals surface area contributed by atoms with E-state index in [1.807, 2.05) is 11.8 Å². The number of hydrogen-bond donors (Lipinski definition) is 2. The number of ether oxygens (including phenoxy) is 1. The lowest BCUT2D eigenvalue weighted by Gasteiger charge is -2.53. The van der Waals surface area contributed by atoms with E-state index >= 15 is 0 Å². The number of aryl methyl sites for hydroxylation is 1. The van der Waals surface area contributed by atoms with Crippen LogP contribution in [0, 0.1) is 18.3 Å². The summed E-state index contributed by atoms with van der Waals surface area (Å²) in [5.41, 5.74) is 8.52. The lowest BCUT2D eigenvalue weighted by Crippen LogP contribution is -2.61. The molecule has 4 saturated heterocycles. The van der Waals surface area contributed by atoms with E-state index in [4.69, 9.17) is 20.4 Å². The number of nitrogens with one attached hydrogen (secondary N) is 1. The molecular weight excluding hydrogens is 531 g/mol. The molecule has 1 spiro atoms. The molecule has 2 aromatic rings. The molecule has 0 aromatic carbocycles. The van der Waals surface area contributed by atoms with Gasteiger partial charge < -0.3 is 25.6 Å². The molecule has 40 heavy (non-hydrogen) atoms. The van der Waals surface area contributed by atoms with Gasteiger partial charge in [0, 0.05) is 55.0 Å². The molecule has 0 bridgehead atoms. The van der Waals surface area contributed by atoms with Crippen LogP contribution in [0.1, 0.15) is 53.7 Å². The molecule has 212 valence electrons. The van der Waals surface area contributed by atoms with Crippen molar-refractivity contribution in [1.82, 2.24) is 20.2 Å². The third-order valence-corrected chi connectivity index (χ3v) is 10.7. The molecule has 2 aromatic heterocycles. The highest BCUT2D eigenvalue weighted by molar-refractivity contribution is 7.16. The van der Waals surface area contributed by atoms with Gasteiger partial charge in [-0.25, -0.2) is 4.39 Å². The molecule has 0 saturated carbocycles. The Kier molecular flexibility index (Phi) is 6.09. The number of halogens is 1. The van der Waals surface area contributed by atoms with E-state index in [9.17, 15) is 14.4 Å². The number of thiophene rings is 1. The maximum atomic E-state index is 14.4. The summed E-state index contributed by atoms with van der Waals surface area (Å²) in [6.07, 6.45) is 4.66. The van der Waals surface area contributed by atoms with Crippen molar-refractivity contribution in [2.24, 2.45) is 0 Å². The van der Waals surface area contributed by atoms with Gasteiger partial charge in [0.1, 0.15) is 35.5 Å². The molecule has 5 aliphatic rings. The van der Waals surface area contributed by atoms with Crippen molar-refractivity contribution in [2.45, 2.75) is 62.6 Å². The van der Waals surface area contributed by atoms with Gasteiger partial charge in [0.05, 0.1) is 17.6 Å². The summed E-state index contributed by atoms with van der Waals surface area (Å²) < 4.78 is 20.7. The zero-order valence-corrected chi connectivity index (χ0v) is 23.7. The number of carbonyl (C=O) groups is 1. The summed E-state index contributed by atoms with van der Waals surface area (Å²) >= 11 is 1.56. The van der Waals surface area contributed by atoms with Gasteiger partial charge in [-0.1, -0.05) is 0 Å². The van der Waals surface area contributed by atoms with E-state index in [0.717, 1.165) is 68.7 Å². The molecule has 0 radical (unpaired) electrons. The van der Waals surface area contributed by atoms with Crippen LogP contribution in [0.15, 0.2) is 0 Å². The van der Waals surface area contributed by atoms with Crippen LogP contribution in [-0.4, -0.2) is 84.9 Å². The normalized spacial score (nSPS) is 27.2. The number of amides is 1. The number of nitrogens with two attached hydrogens (primary N) is 1. The van der Waals surface area contributed by atoms with Crippen LogP contribution >= 0.6 is 11.3 Å². The number of rotatable bonds is 5. The maximum Gasteiger partial charge on any atom is 0.320 e. The fraction of sp³-hybridized carbons (Fsp3) is 0.643. The number of aromatic nitrogens is 2. The topological polar surface area (TPSA) is 124 Å². The second-order valence-electron chi connectivity index (χ2n) is 12.2. The third kappa shape index (κ3) is 4.00. The van der Waals surface area contributed by atoms with Crippen LogP contribution in [0.5, 0.6) is 6.01 Å². The van der Waals surface area contributed by atoms with Crippen molar-refractivity contribution in [2.75, 3.05) is 68.0 Å². The highest BCUT2D eigenvalue weighted by atomic mass is 32.1. The van der Waals surface area contributed by atoms with Gasteiger partial charge in [-0.05, 0) is 51.1 Å². The highest BCUT2D eigenvalue weighted by Gasteiger charge is 2.51. The van der Waals surface area contributed by atoms with Crippen LogP contribution in [0.3, 0.4) is 0 Å². The lowest BCUT2D eigenvalue weighted by molar-refractivity contribution is -0.120. The van der Waals surface area contributed by atoms with Crippen molar-refractivity contribution in [3.63, 3.8) is 0 Å². The van der Waals surface area contributed by atoms with Crippen molar-refractivity contribution >= 4 is 33.9 Å². The van der Waals surface area contributed by atoms with Gasteiger partial charge in [-0.3, -0.25) is 9.69 Å². The Balaban J connectivity index is 1.20. The SMILES string of the molecule is Cc1c(N2CCNC(=O)C2)nc(OC[C@@]23CCCN2C[C@H](F)C3)nc1N1CC2(CCCc3sc(N)c(C#N)c32)C1. The Morgan fingerprint density at radius 2 is 2.02 bits per heavy atom. The summed E-state index contributed by atoms with van der Waals surface area (Å²) in [5.74, 6) is 1.46. The largest absolute Gasteiger partial charge is 0.461 e. The molecular formula is C28H35FN8O2S. The number of anilines is 3. The van der Waals surface area contributed by atoms with Gasteiger partial charge in [-0.2, -0.15) is 15.2 Å². The Morgan fingerprint density at radius 3 is 2.80 bits per heavy atom. The number of nitrogen functional groups attached to an aromatic ring is 1. The van der Waals surface area contributed by atoms with Crippen molar-refractivity contribution < 1.29 is 13.9 Å². The van der Waals surface area contributed by atoms with Gasteiger partial charge in [0.2, 0.25) is 5.91 Å². The number of nitriles is 1. The van der Waals surface area contributed by atoms with Gasteiger partial charge in [0.15, 0.2) is 0 Å². The Morgan fingerprint density at radius 1 is 1.23 bits per heavy atom. The first kappa shape index (κ1) is 25.8. The zero-order valence-electron chi connectivity index (χ0n) is 22.8. The first-order valence-corrected chi connectivity index (χ1v) is 15.1. The smallest absolute Gasteiger partial charge is 0.320 e. The monoisotopic (exact) mass is 566 g/mol. The molecule has 1 aliphatic carbocycles. The quantitative estimate of drug-likeness (QED) is 0.561. The Bertz CT molecular complexity index is 1400. The molecule has 0 unspecified atom stereocenters. The summed E-state index contributed by atoms with van der Waals surface area (Å²) in [6.45, 7) is 6.62. The number of alkyl halides is 1. The van der Waals surface area contributed by atoms with E-state index in [1.165, 1.54) is 4.88 Å². The van der Waals surface area contributed by atoms with Crippen molar-refractivity contribution in [3.05, 3.63) is 21.6 Å². The predicted octanol–water partition coefficient (Wildman–Crippen LogP) is 2.29. The fourth-order valence-electron chi connectivity index (χ4n) is 7.83. The minimum atomic E-state index is -0.831. The molecule has 12 heteroatoms. The fourth-order valence-corrected chi connectivity index (χ4v) is 9.01. The first-order valence-electron chi connectivity index (χ1n) is 14.3. The highest BCUT2D eigenvalue weighted by Crippen LogP contribution is 2.51. The molecule has 7 rings (SSSR count). The molecule has 4 aliphatic heterocycles. The molecule has 1 amide bonds. The molecule has 6 heterocycles. The average molecular weight is 567 g/mol. The lowest BCUT2D eigenvalue weighted by atomic mass is 9.66. The third-order valence-electron chi connectivity index (χ3n) is 9.64. The number of fused-ring (bicyclic) bond motifs is 3. The number of hydrogen-bond acceptors (Lipinski definition) is 10. The average Bonchev–Trinajstić information content (AvgIpc) is 3.55. The van der Waals surface area contributed by atoms with E-state index in [0.29, 0.717) is 49.0 Å². The summed E-state index contributed by atoms with van der Waals surface area (Å²) in [5, 5.41) is 13.4. The Labute approximate surface area is 237 Å². The molecule has 3 N–H and O–H groups in total. The van der Waals surface area contributed by atoms with Gasteiger partial charge >= 0.3 is 6.01 Å². The van der Waals surface area contributed by atoms with Crippen LogP contribution in [0.2, 0.25) is 0 Å². The van der Waals surface area contributed by atoms with E-state index in [1.54, 1.807) is 11.3 Å². The minimum absolute atomic E-state index is 0.0366. The second-order valence-corrected chi connectivity index (χ2v) is 13.3. The van der Waals surface area contributed by atoms with E-state index < -0.39 is 6.17 Å². The first-order chi connectivity index (χ1) is 19.3. The minimum Gasteiger partial charge on any atom is -0.461 e. The number of nitrogens with zero attached hydrogens (tertiary/aromatic N) is 6. The van der Waals surface area contributed by atoms with Crippen LogP contribution < -0.4 is 25.6 Å². The van der Waals surface area contributed by atoms with Crippen LogP contribution in [-0.2, 0) is 16.6 Å². The van der Waals surface area contributed by atoms with Crippen LogP contribution in [0.4, 0.5) is 21.0 Å². The Hall–Kier alpha value is -3.17. The van der Waals surface area contributed by atoms with E-state index in [-0.39, 0.29) is 29.4 Å². The number of carbonyl (C=O) groups excluding carboxylic acids is 1. The van der Waals surface area contributed by atoms with E-state index in [2.05, 4.69) is 21.2 Å². The predicted molar refractivity (Wildman–Crippen MR) is 151 cm³/mol. The second kappa shape index (κ2) is 9.45. The standard InChI is InChI=1S/C28H35FN8O2S/c1-17-24(35-9-7-32-21(38)13-35)33-26(39-16-28-6-3-8-37(28)12-18(29)10-28)34-25(17)36-14-27(15-36)5-2-4-20-22(27)19(11-30)23(31)40-20/h18H,2-10,12-16,31H2,1H3,(H,32,38)/t18-,28+/m1/s1. The van der Waals surface area contributed by atoms with Crippen molar-refractivity contribution in [1.29, 1.82) is 5.26 Å². The van der Waals surface area contributed by atoms with Gasteiger partial charge in [0.25, 0.3) is 0 Å². The van der Waals surface area contributed by atoms with Crippen molar-refractivity contribution in [3.8, 4) is 12.1 Å². The molecule has 10 nitrogen and oxygen atoms in total. The summed E-state index contributed by atoms with van der Waals surface area (Å²) in [7, 11) is 0.